The van der Waals surface area contributed by atoms with Crippen molar-refractivity contribution >= 4 is 12.4 Å². The van der Waals surface area contributed by atoms with Crippen LogP contribution in [0.3, 0.4) is 0 Å². The Kier molecular flexibility index (Phi) is 6.39. The molecule has 2 rings (SSSR count). The molecule has 1 unspecified atom stereocenters. The first-order valence-electron chi connectivity index (χ1n) is 6.83. The molecule has 20 heavy (non-hydrogen) atoms. The number of nitrogens with zero attached hydrogens (tertiary/aromatic N) is 3. The maximum atomic E-state index is 5.94. The molecule has 116 valence electrons. The maximum Gasteiger partial charge on any atom is 0.240 e. The second-order valence-electron chi connectivity index (χ2n) is 6.01. The number of hydrogen-bond donors (Lipinski definition) is 1. The summed E-state index contributed by atoms with van der Waals surface area (Å²) in [4.78, 5) is 6.53. The molecule has 2 heterocycles. The van der Waals surface area contributed by atoms with E-state index in [9.17, 15) is 0 Å². The molecule has 1 saturated heterocycles. The Morgan fingerprint density at radius 1 is 1.45 bits per heavy atom. The zero-order chi connectivity index (χ0) is 13.9. The highest BCUT2D eigenvalue weighted by molar-refractivity contribution is 5.85. The monoisotopic (exact) mass is 304 g/mol. The van der Waals surface area contributed by atoms with Crippen molar-refractivity contribution in [2.24, 2.45) is 11.7 Å². The Hall–Kier alpha value is -0.690. The van der Waals surface area contributed by atoms with Gasteiger partial charge in [0.15, 0.2) is 5.82 Å². The van der Waals surface area contributed by atoms with Gasteiger partial charge in [-0.05, 0) is 39.7 Å². The van der Waals surface area contributed by atoms with E-state index in [2.05, 4.69) is 22.1 Å². The molecule has 0 bridgehead atoms. The SMILES string of the molecule is CN(Cc1nc(C(C)(C)N)no1)CC1CCCOC1.Cl. The summed E-state index contributed by atoms with van der Waals surface area (Å²) < 4.78 is 10.7. The Bertz CT molecular complexity index is 399. The van der Waals surface area contributed by atoms with Gasteiger partial charge in [0.2, 0.25) is 5.89 Å². The smallest absolute Gasteiger partial charge is 0.240 e. The summed E-state index contributed by atoms with van der Waals surface area (Å²) in [6.07, 6.45) is 2.39. The molecule has 0 saturated carbocycles. The lowest BCUT2D eigenvalue weighted by Gasteiger charge is -2.26. The summed E-state index contributed by atoms with van der Waals surface area (Å²) in [6, 6.07) is 0. The number of ether oxygens (including phenoxy) is 1. The van der Waals surface area contributed by atoms with Crippen molar-refractivity contribution < 1.29 is 9.26 Å². The fourth-order valence-electron chi connectivity index (χ4n) is 2.27. The van der Waals surface area contributed by atoms with Gasteiger partial charge >= 0.3 is 0 Å². The number of nitrogens with two attached hydrogens (primary N) is 1. The Morgan fingerprint density at radius 3 is 2.75 bits per heavy atom. The van der Waals surface area contributed by atoms with Crippen LogP contribution in [0.2, 0.25) is 0 Å². The number of aromatic nitrogens is 2. The van der Waals surface area contributed by atoms with Crippen molar-refractivity contribution in [3.63, 3.8) is 0 Å². The van der Waals surface area contributed by atoms with Crippen LogP contribution in [0, 0.1) is 5.92 Å². The Labute approximate surface area is 126 Å². The topological polar surface area (TPSA) is 77.4 Å². The molecule has 0 aliphatic carbocycles. The maximum absolute atomic E-state index is 5.94. The van der Waals surface area contributed by atoms with Gasteiger partial charge in [-0.3, -0.25) is 4.90 Å². The molecule has 0 amide bonds. The van der Waals surface area contributed by atoms with Crippen molar-refractivity contribution in [1.29, 1.82) is 0 Å². The van der Waals surface area contributed by atoms with Gasteiger partial charge in [-0.15, -0.1) is 12.4 Å². The minimum atomic E-state index is -0.558. The van der Waals surface area contributed by atoms with Crippen LogP contribution in [0.5, 0.6) is 0 Å². The predicted molar refractivity (Wildman–Crippen MR) is 78.6 cm³/mol. The van der Waals surface area contributed by atoms with Gasteiger partial charge < -0.3 is 15.0 Å². The number of rotatable bonds is 5. The molecule has 0 spiro atoms. The van der Waals surface area contributed by atoms with Crippen LogP contribution in [0.15, 0.2) is 4.52 Å². The average Bonchev–Trinajstić information content (AvgIpc) is 2.78. The molecule has 6 nitrogen and oxygen atoms in total. The van der Waals surface area contributed by atoms with Gasteiger partial charge in [-0.2, -0.15) is 4.98 Å². The highest BCUT2D eigenvalue weighted by Crippen LogP contribution is 2.16. The lowest BCUT2D eigenvalue weighted by atomic mass is 10.0. The van der Waals surface area contributed by atoms with E-state index in [1.165, 1.54) is 6.42 Å². The van der Waals surface area contributed by atoms with Crippen LogP contribution in [-0.2, 0) is 16.8 Å². The zero-order valence-corrected chi connectivity index (χ0v) is 13.3. The van der Waals surface area contributed by atoms with E-state index in [0.29, 0.717) is 24.2 Å². The fraction of sp³-hybridized carbons (Fsp3) is 0.846. The third-order valence-corrected chi connectivity index (χ3v) is 3.27. The summed E-state index contributed by atoms with van der Waals surface area (Å²) in [5, 5.41) is 3.92. The van der Waals surface area contributed by atoms with E-state index in [1.807, 2.05) is 13.8 Å². The number of halogens is 1. The predicted octanol–water partition coefficient (Wildman–Crippen LogP) is 1.54. The van der Waals surface area contributed by atoms with Crippen molar-refractivity contribution in [2.75, 3.05) is 26.8 Å². The summed E-state index contributed by atoms with van der Waals surface area (Å²) >= 11 is 0. The summed E-state index contributed by atoms with van der Waals surface area (Å²) in [5.74, 6) is 1.77. The third-order valence-electron chi connectivity index (χ3n) is 3.27. The second kappa shape index (κ2) is 7.36. The highest BCUT2D eigenvalue weighted by Gasteiger charge is 2.22. The van der Waals surface area contributed by atoms with E-state index in [0.717, 1.165) is 26.2 Å². The summed E-state index contributed by atoms with van der Waals surface area (Å²) in [6.45, 7) is 7.13. The Balaban J connectivity index is 0.00000200. The van der Waals surface area contributed by atoms with Gasteiger partial charge in [0, 0.05) is 13.2 Å². The first-order valence-corrected chi connectivity index (χ1v) is 6.83. The zero-order valence-electron chi connectivity index (χ0n) is 12.5. The molecule has 1 aromatic heterocycles. The van der Waals surface area contributed by atoms with Crippen LogP contribution in [0.1, 0.15) is 38.4 Å². The largest absolute Gasteiger partial charge is 0.381 e. The fourth-order valence-corrected chi connectivity index (χ4v) is 2.27. The molecule has 0 aromatic carbocycles. The lowest BCUT2D eigenvalue weighted by Crippen LogP contribution is -2.31. The van der Waals surface area contributed by atoms with E-state index < -0.39 is 5.54 Å². The quantitative estimate of drug-likeness (QED) is 0.889. The van der Waals surface area contributed by atoms with Crippen LogP contribution in [-0.4, -0.2) is 41.8 Å². The lowest BCUT2D eigenvalue weighted by molar-refractivity contribution is 0.0399. The van der Waals surface area contributed by atoms with Gasteiger partial charge in [-0.25, -0.2) is 0 Å². The molecule has 1 atom stereocenters. The first kappa shape index (κ1) is 17.4. The van der Waals surface area contributed by atoms with E-state index >= 15 is 0 Å². The number of hydrogen-bond acceptors (Lipinski definition) is 6. The van der Waals surface area contributed by atoms with E-state index in [4.69, 9.17) is 15.0 Å². The van der Waals surface area contributed by atoms with E-state index in [-0.39, 0.29) is 12.4 Å². The van der Waals surface area contributed by atoms with Crippen molar-refractivity contribution in [3.8, 4) is 0 Å². The molecular formula is C13H25ClN4O2. The van der Waals surface area contributed by atoms with Gasteiger partial charge in [-0.1, -0.05) is 5.16 Å². The first-order chi connectivity index (χ1) is 8.95. The molecule has 0 radical (unpaired) electrons. The minimum Gasteiger partial charge on any atom is -0.381 e. The van der Waals surface area contributed by atoms with Crippen molar-refractivity contribution in [2.45, 2.75) is 38.8 Å². The minimum absolute atomic E-state index is 0. The second-order valence-corrected chi connectivity index (χ2v) is 6.01. The molecular weight excluding hydrogens is 280 g/mol. The molecule has 1 aromatic rings. The Morgan fingerprint density at radius 2 is 2.20 bits per heavy atom. The molecule has 7 heteroatoms. The van der Waals surface area contributed by atoms with Crippen LogP contribution in [0.4, 0.5) is 0 Å². The molecule has 1 aliphatic rings. The standard InChI is InChI=1S/C13H24N4O2.ClH/c1-13(2,14)12-15-11(19-16-12)8-17(3)7-10-5-4-6-18-9-10;/h10H,4-9,14H2,1-3H3;1H. The van der Waals surface area contributed by atoms with Gasteiger partial charge in [0.25, 0.3) is 0 Å². The molecule has 2 N–H and O–H groups in total. The van der Waals surface area contributed by atoms with Crippen molar-refractivity contribution in [3.05, 3.63) is 11.7 Å². The van der Waals surface area contributed by atoms with Crippen LogP contribution < -0.4 is 5.73 Å². The molecule has 1 aliphatic heterocycles. The van der Waals surface area contributed by atoms with Crippen LogP contribution in [0.25, 0.3) is 0 Å². The highest BCUT2D eigenvalue weighted by atomic mass is 35.5. The van der Waals surface area contributed by atoms with Crippen molar-refractivity contribution in [1.82, 2.24) is 15.0 Å². The average molecular weight is 305 g/mol. The third kappa shape index (κ3) is 5.01. The normalized spacial score (nSPS) is 19.9. The van der Waals surface area contributed by atoms with Crippen LogP contribution >= 0.6 is 12.4 Å². The van der Waals surface area contributed by atoms with Gasteiger partial charge in [0.1, 0.15) is 0 Å². The summed E-state index contributed by atoms with van der Waals surface area (Å²) in [5.41, 5.74) is 5.38. The van der Waals surface area contributed by atoms with Gasteiger partial charge in [0.05, 0.1) is 18.7 Å². The van der Waals surface area contributed by atoms with E-state index in [1.54, 1.807) is 0 Å². The molecule has 1 fully saturated rings. The summed E-state index contributed by atoms with van der Waals surface area (Å²) in [7, 11) is 2.06.